The molecule has 6 nitrogen and oxygen atoms in total. The molecule has 7 heteroatoms. The number of rotatable bonds is 3. The number of hydrogen-bond acceptors (Lipinski definition) is 5. The summed E-state index contributed by atoms with van der Waals surface area (Å²) in [6.45, 7) is 1.43. The van der Waals surface area contributed by atoms with Gasteiger partial charge in [0, 0.05) is 31.8 Å². The smallest absolute Gasteiger partial charge is 0.246 e. The molecule has 0 atom stereocenters. The lowest BCUT2D eigenvalue weighted by Crippen LogP contribution is -2.35. The minimum Gasteiger partial charge on any atom is -0.339 e. The summed E-state index contributed by atoms with van der Waals surface area (Å²) in [4.78, 5) is 35.3. The Morgan fingerprint density at radius 3 is 2.81 bits per heavy atom. The molecule has 1 fully saturated rings. The Balaban J connectivity index is 1.20. The summed E-state index contributed by atoms with van der Waals surface area (Å²) in [5.74, 6) is 0.670. The lowest BCUT2D eigenvalue weighted by molar-refractivity contribution is -0.126. The molecule has 2 aliphatic heterocycles. The topological polar surface area (TPSA) is 75.2 Å². The number of aryl methyl sites for hydroxylation is 1. The van der Waals surface area contributed by atoms with E-state index in [1.807, 2.05) is 35.2 Å². The standard InChI is InChI=1S/C25H24N4O2S/c30-22-7-3-4-19-14-18(16-26-25(19)28-22)8-9-24(31)29-12-10-17(11-13-29)15-23-27-20-5-1-2-6-21(20)32-23/h1-2,5-6,8-9,14-16H,3-4,7,10-13H2,(H,26,28,30)/b9-8+. The van der Waals surface area contributed by atoms with E-state index in [2.05, 4.69) is 27.4 Å². The zero-order valence-electron chi connectivity index (χ0n) is 17.7. The fraction of sp³-hybridized carbons (Fsp3) is 0.280. The molecular weight excluding hydrogens is 420 g/mol. The Morgan fingerprint density at radius 2 is 1.97 bits per heavy atom. The summed E-state index contributed by atoms with van der Waals surface area (Å²) in [7, 11) is 0. The lowest BCUT2D eigenvalue weighted by atomic mass is 10.0. The van der Waals surface area contributed by atoms with Crippen LogP contribution >= 0.6 is 11.3 Å². The number of benzene rings is 1. The van der Waals surface area contributed by atoms with Crippen LogP contribution in [0.2, 0.25) is 0 Å². The van der Waals surface area contributed by atoms with E-state index in [-0.39, 0.29) is 11.8 Å². The fourth-order valence-electron chi connectivity index (χ4n) is 4.12. The molecule has 4 heterocycles. The van der Waals surface area contributed by atoms with Crippen LogP contribution in [0.1, 0.15) is 41.8 Å². The molecule has 0 aliphatic carbocycles. The zero-order valence-corrected chi connectivity index (χ0v) is 18.5. The van der Waals surface area contributed by atoms with Crippen molar-refractivity contribution >= 4 is 51.3 Å². The van der Waals surface area contributed by atoms with E-state index in [0.29, 0.717) is 25.3 Å². The summed E-state index contributed by atoms with van der Waals surface area (Å²) in [6, 6.07) is 10.2. The van der Waals surface area contributed by atoms with Crippen LogP contribution in [-0.2, 0) is 16.0 Å². The van der Waals surface area contributed by atoms with Gasteiger partial charge in [0.25, 0.3) is 0 Å². The Bertz CT molecular complexity index is 1200. The Morgan fingerprint density at radius 1 is 1.12 bits per heavy atom. The second-order valence-electron chi connectivity index (χ2n) is 8.16. The number of anilines is 1. The number of pyridine rings is 1. The molecule has 32 heavy (non-hydrogen) atoms. The lowest BCUT2D eigenvalue weighted by Gasteiger charge is -2.27. The third kappa shape index (κ3) is 4.62. The number of aromatic nitrogens is 2. The number of nitrogens with one attached hydrogen (secondary N) is 1. The number of nitrogens with zero attached hydrogens (tertiary/aromatic N) is 3. The van der Waals surface area contributed by atoms with E-state index >= 15 is 0 Å². The number of piperidine rings is 1. The van der Waals surface area contributed by atoms with Crippen LogP contribution in [0, 0.1) is 0 Å². The third-order valence-electron chi connectivity index (χ3n) is 5.87. The van der Waals surface area contributed by atoms with E-state index < -0.39 is 0 Å². The Labute approximate surface area is 190 Å². The van der Waals surface area contributed by atoms with Crippen molar-refractivity contribution in [3.8, 4) is 0 Å². The highest BCUT2D eigenvalue weighted by atomic mass is 32.1. The maximum atomic E-state index is 12.7. The van der Waals surface area contributed by atoms with E-state index in [4.69, 9.17) is 0 Å². The van der Waals surface area contributed by atoms with Crippen molar-refractivity contribution in [1.29, 1.82) is 0 Å². The van der Waals surface area contributed by atoms with Crippen molar-refractivity contribution in [3.05, 3.63) is 64.3 Å². The largest absolute Gasteiger partial charge is 0.339 e. The summed E-state index contributed by atoms with van der Waals surface area (Å²) < 4.78 is 1.20. The van der Waals surface area contributed by atoms with Crippen LogP contribution in [-0.4, -0.2) is 39.8 Å². The molecule has 0 spiro atoms. The molecule has 2 amide bonds. The van der Waals surface area contributed by atoms with Gasteiger partial charge in [-0.15, -0.1) is 11.3 Å². The van der Waals surface area contributed by atoms with Crippen molar-refractivity contribution in [2.75, 3.05) is 18.4 Å². The molecule has 2 aromatic heterocycles. The van der Waals surface area contributed by atoms with Crippen molar-refractivity contribution in [2.24, 2.45) is 0 Å². The predicted molar refractivity (Wildman–Crippen MR) is 128 cm³/mol. The maximum absolute atomic E-state index is 12.7. The van der Waals surface area contributed by atoms with Gasteiger partial charge in [-0.2, -0.15) is 0 Å². The number of likely N-dealkylation sites (tertiary alicyclic amines) is 1. The van der Waals surface area contributed by atoms with Gasteiger partial charge in [-0.1, -0.05) is 17.7 Å². The van der Waals surface area contributed by atoms with Gasteiger partial charge in [-0.05, 0) is 67.2 Å². The highest BCUT2D eigenvalue weighted by molar-refractivity contribution is 7.19. The molecule has 2 aliphatic rings. The Kier molecular flexibility index (Phi) is 5.81. The van der Waals surface area contributed by atoms with Crippen molar-refractivity contribution in [2.45, 2.75) is 32.1 Å². The molecular formula is C25H24N4O2S. The maximum Gasteiger partial charge on any atom is 0.246 e. The number of hydrogen-bond donors (Lipinski definition) is 1. The molecule has 1 N–H and O–H groups in total. The highest BCUT2D eigenvalue weighted by Crippen LogP contribution is 2.26. The minimum absolute atomic E-state index is 0.0105. The van der Waals surface area contributed by atoms with Gasteiger partial charge in [-0.3, -0.25) is 9.59 Å². The fourth-order valence-corrected chi connectivity index (χ4v) is 5.07. The van der Waals surface area contributed by atoms with E-state index in [0.717, 1.165) is 47.3 Å². The quantitative estimate of drug-likeness (QED) is 0.595. The average molecular weight is 445 g/mol. The van der Waals surface area contributed by atoms with Gasteiger partial charge in [0.2, 0.25) is 11.8 Å². The minimum atomic E-state index is 0.0105. The first-order valence-corrected chi connectivity index (χ1v) is 11.8. The van der Waals surface area contributed by atoms with Crippen LogP contribution in [0.25, 0.3) is 22.4 Å². The van der Waals surface area contributed by atoms with Crippen LogP contribution in [0.5, 0.6) is 0 Å². The SMILES string of the molecule is O=C1CCCc2cc(/C=C/C(=O)N3CCC(=Cc4nc5ccccc5s4)CC3)cnc2N1. The number of carbonyl (C=O) groups is 2. The van der Waals surface area contributed by atoms with Crippen LogP contribution in [0.15, 0.2) is 48.2 Å². The van der Waals surface area contributed by atoms with Gasteiger partial charge in [0.1, 0.15) is 10.8 Å². The summed E-state index contributed by atoms with van der Waals surface area (Å²) in [6.07, 6.45) is 11.2. The molecule has 3 aromatic rings. The Hall–Kier alpha value is -3.32. The van der Waals surface area contributed by atoms with Crippen LogP contribution < -0.4 is 5.32 Å². The molecule has 1 saturated heterocycles. The van der Waals surface area contributed by atoms with Crippen molar-refractivity contribution in [1.82, 2.24) is 14.9 Å². The van der Waals surface area contributed by atoms with E-state index in [9.17, 15) is 9.59 Å². The number of para-hydroxylation sites is 1. The number of fused-ring (bicyclic) bond motifs is 2. The molecule has 0 unspecified atom stereocenters. The molecule has 0 bridgehead atoms. The third-order valence-corrected chi connectivity index (χ3v) is 6.85. The number of carbonyl (C=O) groups excluding carboxylic acids is 2. The van der Waals surface area contributed by atoms with Gasteiger partial charge >= 0.3 is 0 Å². The first-order valence-electron chi connectivity index (χ1n) is 10.9. The van der Waals surface area contributed by atoms with Crippen LogP contribution in [0.4, 0.5) is 5.82 Å². The molecule has 1 aromatic carbocycles. The van der Waals surface area contributed by atoms with E-state index in [1.165, 1.54) is 10.3 Å². The molecule has 0 radical (unpaired) electrons. The highest BCUT2D eigenvalue weighted by Gasteiger charge is 2.18. The molecule has 0 saturated carbocycles. The summed E-state index contributed by atoms with van der Waals surface area (Å²) in [5, 5.41) is 3.87. The molecule has 5 rings (SSSR count). The van der Waals surface area contributed by atoms with Gasteiger partial charge in [-0.25, -0.2) is 9.97 Å². The normalized spacial score (nSPS) is 16.7. The number of amides is 2. The second kappa shape index (κ2) is 9.04. The second-order valence-corrected chi connectivity index (χ2v) is 9.22. The van der Waals surface area contributed by atoms with Crippen molar-refractivity contribution in [3.63, 3.8) is 0 Å². The van der Waals surface area contributed by atoms with Crippen LogP contribution in [0.3, 0.4) is 0 Å². The summed E-state index contributed by atoms with van der Waals surface area (Å²) >= 11 is 1.71. The zero-order chi connectivity index (χ0) is 21.9. The number of thiazole rings is 1. The van der Waals surface area contributed by atoms with Gasteiger partial charge in [0.05, 0.1) is 10.2 Å². The first kappa shape index (κ1) is 20.6. The molecule has 162 valence electrons. The van der Waals surface area contributed by atoms with Gasteiger partial charge in [0.15, 0.2) is 0 Å². The van der Waals surface area contributed by atoms with Crippen molar-refractivity contribution < 1.29 is 9.59 Å². The summed E-state index contributed by atoms with van der Waals surface area (Å²) in [5.41, 5.74) is 4.28. The van der Waals surface area contributed by atoms with Gasteiger partial charge < -0.3 is 10.2 Å². The monoisotopic (exact) mass is 444 g/mol. The average Bonchev–Trinajstić information content (AvgIpc) is 3.11. The first-order chi connectivity index (χ1) is 15.6. The van der Waals surface area contributed by atoms with E-state index in [1.54, 1.807) is 23.6 Å². The predicted octanol–water partition coefficient (Wildman–Crippen LogP) is 4.69.